The van der Waals surface area contributed by atoms with Crippen molar-refractivity contribution >= 4 is 34.4 Å². The molecule has 44 heavy (non-hydrogen) atoms. The number of nitrogens with zero attached hydrogens (tertiary/aromatic N) is 7. The zero-order valence-electron chi connectivity index (χ0n) is 26.1. The number of pyridine rings is 1. The van der Waals surface area contributed by atoms with Gasteiger partial charge in [-0.05, 0) is 51.0 Å². The molecule has 4 heterocycles. The standard InChI is InChI=1S/C33H37ClFN7O2/c1-9-26(43)40-15-20(7)41(16-19(40)6)31-23-14-24(34)28(22-12-10-11-13-25(22)35)38-32(23)42(33(44)39-31)29-21(8)36-30(18(4)5)37-27(29)17(2)3/h9-14,17-20H,1,15-16H2,2-8H3. The molecule has 1 aliphatic heterocycles. The van der Waals surface area contributed by atoms with E-state index in [4.69, 9.17) is 26.6 Å². The fourth-order valence-corrected chi connectivity index (χ4v) is 6.02. The highest BCUT2D eigenvalue weighted by molar-refractivity contribution is 6.33. The van der Waals surface area contributed by atoms with Crippen LogP contribution in [0.15, 0.2) is 47.8 Å². The van der Waals surface area contributed by atoms with Crippen LogP contribution in [0.2, 0.25) is 5.02 Å². The highest BCUT2D eigenvalue weighted by Crippen LogP contribution is 2.36. The predicted octanol–water partition coefficient (Wildman–Crippen LogP) is 6.20. The molecule has 11 heteroatoms. The summed E-state index contributed by atoms with van der Waals surface area (Å²) in [7, 11) is 0. The fraction of sp³-hybridized carbons (Fsp3) is 0.394. The van der Waals surface area contributed by atoms with Crippen molar-refractivity contribution in [1.29, 1.82) is 0 Å². The molecule has 1 aliphatic rings. The van der Waals surface area contributed by atoms with Crippen molar-refractivity contribution in [3.05, 3.63) is 81.5 Å². The first-order valence-electron chi connectivity index (χ1n) is 14.8. The minimum absolute atomic E-state index is 0.0551. The van der Waals surface area contributed by atoms with Crippen molar-refractivity contribution in [2.75, 3.05) is 18.0 Å². The first-order chi connectivity index (χ1) is 20.8. The topological polar surface area (TPSA) is 97.1 Å². The third-order valence-electron chi connectivity index (χ3n) is 8.04. The summed E-state index contributed by atoms with van der Waals surface area (Å²) in [5, 5.41) is 0.725. The molecule has 2 atom stereocenters. The van der Waals surface area contributed by atoms with Gasteiger partial charge in [0.25, 0.3) is 0 Å². The number of rotatable bonds is 6. The number of hydrogen-bond donors (Lipinski definition) is 0. The van der Waals surface area contributed by atoms with Crippen LogP contribution in [-0.4, -0.2) is 60.5 Å². The third-order valence-corrected chi connectivity index (χ3v) is 8.32. The van der Waals surface area contributed by atoms with Crippen LogP contribution in [0, 0.1) is 12.7 Å². The molecule has 230 valence electrons. The normalized spacial score (nSPS) is 17.2. The predicted molar refractivity (Wildman–Crippen MR) is 172 cm³/mol. The number of hydrogen-bond acceptors (Lipinski definition) is 7. The number of halogens is 2. The minimum Gasteiger partial charge on any atom is -0.349 e. The Morgan fingerprint density at radius 2 is 1.75 bits per heavy atom. The molecule has 9 nitrogen and oxygen atoms in total. The van der Waals surface area contributed by atoms with E-state index in [9.17, 15) is 9.59 Å². The second-order valence-corrected chi connectivity index (χ2v) is 12.4. The number of piperazine rings is 1. The number of carbonyl (C=O) groups excluding carboxylic acids is 1. The van der Waals surface area contributed by atoms with E-state index in [1.165, 1.54) is 16.7 Å². The number of fused-ring (bicyclic) bond motifs is 1. The van der Waals surface area contributed by atoms with Crippen molar-refractivity contribution in [3.8, 4) is 16.9 Å². The number of anilines is 1. The lowest BCUT2D eigenvalue weighted by atomic mass is 10.0. The summed E-state index contributed by atoms with van der Waals surface area (Å²) in [5.74, 6) is 0.449. The van der Waals surface area contributed by atoms with Crippen LogP contribution in [0.3, 0.4) is 0 Å². The largest absolute Gasteiger partial charge is 0.355 e. The van der Waals surface area contributed by atoms with Crippen LogP contribution in [0.4, 0.5) is 10.2 Å². The van der Waals surface area contributed by atoms with E-state index >= 15 is 4.39 Å². The van der Waals surface area contributed by atoms with Crippen LogP contribution in [0.25, 0.3) is 28.0 Å². The van der Waals surface area contributed by atoms with Crippen LogP contribution in [0.1, 0.15) is 70.6 Å². The Bertz CT molecular complexity index is 1840. The minimum atomic E-state index is -0.572. The maximum Gasteiger partial charge on any atom is 0.355 e. The summed E-state index contributed by atoms with van der Waals surface area (Å²) in [4.78, 5) is 49.6. The van der Waals surface area contributed by atoms with Crippen molar-refractivity contribution < 1.29 is 9.18 Å². The Hall–Kier alpha value is -4.18. The molecular weight excluding hydrogens is 581 g/mol. The highest BCUT2D eigenvalue weighted by Gasteiger charge is 2.34. The lowest BCUT2D eigenvalue weighted by Gasteiger charge is -2.44. The number of aromatic nitrogens is 5. The Labute approximate surface area is 261 Å². The van der Waals surface area contributed by atoms with Gasteiger partial charge in [-0.3, -0.25) is 4.79 Å². The van der Waals surface area contributed by atoms with Gasteiger partial charge < -0.3 is 9.80 Å². The second-order valence-electron chi connectivity index (χ2n) is 12.0. The average Bonchev–Trinajstić information content (AvgIpc) is 2.97. The molecule has 0 N–H and O–H groups in total. The number of benzene rings is 1. The molecule has 1 amide bonds. The van der Waals surface area contributed by atoms with E-state index in [-0.39, 0.29) is 51.8 Å². The maximum absolute atomic E-state index is 15.1. The second kappa shape index (κ2) is 12.1. The molecular formula is C33H37ClFN7O2. The highest BCUT2D eigenvalue weighted by atomic mass is 35.5. The van der Waals surface area contributed by atoms with Gasteiger partial charge >= 0.3 is 5.69 Å². The number of amides is 1. The fourth-order valence-electron chi connectivity index (χ4n) is 5.76. The molecule has 0 aliphatic carbocycles. The number of carbonyl (C=O) groups is 1. The number of aryl methyl sites for hydroxylation is 1. The molecule has 1 saturated heterocycles. The Balaban J connectivity index is 1.84. The van der Waals surface area contributed by atoms with Gasteiger partial charge in [0.2, 0.25) is 5.91 Å². The van der Waals surface area contributed by atoms with E-state index in [0.717, 1.165) is 0 Å². The average molecular weight is 618 g/mol. The van der Waals surface area contributed by atoms with Gasteiger partial charge in [-0.15, -0.1) is 0 Å². The first kappa shape index (κ1) is 31.3. The summed E-state index contributed by atoms with van der Waals surface area (Å²) in [6.07, 6.45) is 1.31. The molecule has 0 bridgehead atoms. The Kier molecular flexibility index (Phi) is 8.57. The maximum atomic E-state index is 15.1. The molecule has 1 aromatic carbocycles. The van der Waals surface area contributed by atoms with E-state index < -0.39 is 11.5 Å². The summed E-state index contributed by atoms with van der Waals surface area (Å²) in [5.41, 5.74) is 1.89. The molecule has 0 radical (unpaired) electrons. The van der Waals surface area contributed by atoms with Gasteiger partial charge in [-0.2, -0.15) is 4.98 Å². The van der Waals surface area contributed by atoms with E-state index in [1.807, 2.05) is 53.4 Å². The molecule has 0 saturated carbocycles. The quantitative estimate of drug-likeness (QED) is 0.238. The molecule has 2 unspecified atom stereocenters. The van der Waals surface area contributed by atoms with Gasteiger partial charge in [0.1, 0.15) is 17.5 Å². The van der Waals surface area contributed by atoms with Gasteiger partial charge in [-0.25, -0.2) is 28.7 Å². The van der Waals surface area contributed by atoms with Gasteiger partial charge in [0.15, 0.2) is 5.65 Å². The summed E-state index contributed by atoms with van der Waals surface area (Å²) in [6.45, 7) is 18.3. The molecule has 4 aromatic rings. The lowest BCUT2D eigenvalue weighted by Crippen LogP contribution is -2.58. The van der Waals surface area contributed by atoms with Crippen molar-refractivity contribution in [1.82, 2.24) is 29.4 Å². The zero-order chi connectivity index (χ0) is 32.0. The van der Waals surface area contributed by atoms with Crippen molar-refractivity contribution in [2.24, 2.45) is 0 Å². The third kappa shape index (κ3) is 5.47. The smallest absolute Gasteiger partial charge is 0.349 e. The van der Waals surface area contributed by atoms with Crippen molar-refractivity contribution in [3.63, 3.8) is 0 Å². The van der Waals surface area contributed by atoms with Crippen molar-refractivity contribution in [2.45, 2.75) is 72.4 Å². The van der Waals surface area contributed by atoms with Crippen LogP contribution >= 0.6 is 11.6 Å². The molecule has 0 spiro atoms. The van der Waals surface area contributed by atoms with E-state index in [0.29, 0.717) is 47.2 Å². The molecule has 5 rings (SSSR count). The molecule has 3 aromatic heterocycles. The molecule has 1 fully saturated rings. The van der Waals surface area contributed by atoms with Gasteiger partial charge in [0, 0.05) is 36.7 Å². The summed E-state index contributed by atoms with van der Waals surface area (Å²) in [6, 6.07) is 7.57. The van der Waals surface area contributed by atoms with Gasteiger partial charge in [0.05, 0.1) is 33.2 Å². The van der Waals surface area contributed by atoms with Crippen LogP contribution in [0.5, 0.6) is 0 Å². The van der Waals surface area contributed by atoms with E-state index in [2.05, 4.69) is 11.6 Å². The first-order valence-corrected chi connectivity index (χ1v) is 15.2. The SMILES string of the molecule is C=CC(=O)N1CC(C)N(c2nc(=O)n(-c3c(C)nc(C(C)C)nc3C(C)C)c3nc(-c4ccccc4F)c(Cl)cc23)CC1C. The van der Waals surface area contributed by atoms with Crippen LogP contribution < -0.4 is 10.6 Å². The van der Waals surface area contributed by atoms with Gasteiger partial charge in [-0.1, -0.05) is 58.0 Å². The van der Waals surface area contributed by atoms with Crippen LogP contribution in [-0.2, 0) is 4.79 Å². The summed E-state index contributed by atoms with van der Waals surface area (Å²) >= 11 is 6.82. The lowest BCUT2D eigenvalue weighted by molar-refractivity contribution is -0.128. The zero-order valence-corrected chi connectivity index (χ0v) is 26.9. The Morgan fingerprint density at radius 1 is 1.05 bits per heavy atom. The monoisotopic (exact) mass is 617 g/mol. The Morgan fingerprint density at radius 3 is 2.39 bits per heavy atom. The summed E-state index contributed by atoms with van der Waals surface area (Å²) < 4.78 is 16.5. The van der Waals surface area contributed by atoms with E-state index in [1.54, 1.807) is 29.2 Å².